The van der Waals surface area contributed by atoms with E-state index in [2.05, 4.69) is 5.32 Å². The lowest BCUT2D eigenvalue weighted by molar-refractivity contribution is -0.147. The minimum absolute atomic E-state index is 0.255. The summed E-state index contributed by atoms with van der Waals surface area (Å²) in [7, 11) is 0. The minimum Gasteiger partial charge on any atom is -0.484 e. The molecule has 1 aromatic carbocycles. The average Bonchev–Trinajstić information content (AvgIpc) is 2.38. The lowest BCUT2D eigenvalue weighted by atomic mass is 10.3. The van der Waals surface area contributed by atoms with Gasteiger partial charge in [-0.15, -0.1) is 0 Å². The molecule has 0 fully saturated rings. The molecular formula is C13H16FNO4. The van der Waals surface area contributed by atoms with Crippen LogP contribution in [0.5, 0.6) is 5.75 Å². The summed E-state index contributed by atoms with van der Waals surface area (Å²) in [5, 5.41) is 2.43. The van der Waals surface area contributed by atoms with Gasteiger partial charge < -0.3 is 14.8 Å². The first-order chi connectivity index (χ1) is 9.02. The van der Waals surface area contributed by atoms with Crippen LogP contribution >= 0.6 is 0 Å². The van der Waals surface area contributed by atoms with Gasteiger partial charge in [-0.1, -0.05) is 0 Å². The molecule has 1 amide bonds. The second-order valence-electron chi connectivity index (χ2n) is 3.78. The van der Waals surface area contributed by atoms with Crippen LogP contribution in [0, 0.1) is 5.82 Å². The zero-order valence-electron chi connectivity index (χ0n) is 10.8. The van der Waals surface area contributed by atoms with Crippen molar-refractivity contribution in [2.75, 3.05) is 13.2 Å². The van der Waals surface area contributed by atoms with Gasteiger partial charge in [0.1, 0.15) is 17.6 Å². The molecule has 5 nitrogen and oxygen atoms in total. The molecule has 0 aromatic heterocycles. The number of halogens is 1. The van der Waals surface area contributed by atoms with E-state index in [-0.39, 0.29) is 19.0 Å². The molecule has 1 unspecified atom stereocenters. The third kappa shape index (κ3) is 5.37. The first-order valence-corrected chi connectivity index (χ1v) is 5.87. The number of carbonyl (C=O) groups excluding carboxylic acids is 2. The number of benzene rings is 1. The Bertz CT molecular complexity index is 433. The number of ether oxygens (including phenoxy) is 2. The SMILES string of the molecule is CCOC(=O)C(C)NC(=O)COc1ccc(F)cc1. The lowest BCUT2D eigenvalue weighted by Gasteiger charge is -2.13. The van der Waals surface area contributed by atoms with Gasteiger partial charge in [-0.2, -0.15) is 0 Å². The van der Waals surface area contributed by atoms with E-state index in [0.717, 1.165) is 0 Å². The second-order valence-corrected chi connectivity index (χ2v) is 3.78. The van der Waals surface area contributed by atoms with Crippen LogP contribution in [0.15, 0.2) is 24.3 Å². The molecule has 0 spiro atoms. The lowest BCUT2D eigenvalue weighted by Crippen LogP contribution is -2.41. The summed E-state index contributed by atoms with van der Waals surface area (Å²) in [5.41, 5.74) is 0. The quantitative estimate of drug-likeness (QED) is 0.790. The van der Waals surface area contributed by atoms with Gasteiger partial charge in [-0.25, -0.2) is 9.18 Å². The van der Waals surface area contributed by atoms with Gasteiger partial charge in [0.05, 0.1) is 6.61 Å². The van der Waals surface area contributed by atoms with Crippen molar-refractivity contribution in [3.05, 3.63) is 30.1 Å². The molecule has 0 aliphatic rings. The molecule has 0 radical (unpaired) electrons. The summed E-state index contributed by atoms with van der Waals surface area (Å²) < 4.78 is 22.5. The van der Waals surface area contributed by atoms with Crippen molar-refractivity contribution in [1.29, 1.82) is 0 Å². The molecule has 0 saturated heterocycles. The highest BCUT2D eigenvalue weighted by atomic mass is 19.1. The molecular weight excluding hydrogens is 253 g/mol. The maximum atomic E-state index is 12.6. The van der Waals surface area contributed by atoms with Crippen LogP contribution in [-0.4, -0.2) is 31.1 Å². The van der Waals surface area contributed by atoms with Crippen LogP contribution in [0.3, 0.4) is 0 Å². The van der Waals surface area contributed by atoms with Crippen molar-refractivity contribution < 1.29 is 23.5 Å². The predicted molar refractivity (Wildman–Crippen MR) is 66.1 cm³/mol. The number of rotatable bonds is 6. The number of hydrogen-bond donors (Lipinski definition) is 1. The Balaban J connectivity index is 2.35. The topological polar surface area (TPSA) is 64.6 Å². The van der Waals surface area contributed by atoms with Crippen LogP contribution in [0.25, 0.3) is 0 Å². The van der Waals surface area contributed by atoms with Crippen molar-refractivity contribution in [3.8, 4) is 5.75 Å². The van der Waals surface area contributed by atoms with E-state index in [9.17, 15) is 14.0 Å². The van der Waals surface area contributed by atoms with E-state index < -0.39 is 17.9 Å². The molecule has 0 heterocycles. The van der Waals surface area contributed by atoms with Gasteiger partial charge in [0, 0.05) is 0 Å². The third-order valence-corrected chi connectivity index (χ3v) is 2.20. The van der Waals surface area contributed by atoms with Crippen LogP contribution in [0.2, 0.25) is 0 Å². The van der Waals surface area contributed by atoms with Crippen molar-refractivity contribution in [2.24, 2.45) is 0 Å². The van der Waals surface area contributed by atoms with Crippen molar-refractivity contribution in [2.45, 2.75) is 19.9 Å². The van der Waals surface area contributed by atoms with Gasteiger partial charge in [0.2, 0.25) is 0 Å². The number of esters is 1. The summed E-state index contributed by atoms with van der Waals surface area (Å²) in [6, 6.07) is 4.56. The van der Waals surface area contributed by atoms with Gasteiger partial charge >= 0.3 is 5.97 Å². The Labute approximate surface area is 110 Å². The molecule has 0 aliphatic carbocycles. The maximum absolute atomic E-state index is 12.6. The monoisotopic (exact) mass is 269 g/mol. The normalized spacial score (nSPS) is 11.5. The molecule has 1 N–H and O–H groups in total. The Hall–Kier alpha value is -2.11. The molecule has 6 heteroatoms. The minimum atomic E-state index is -0.732. The smallest absolute Gasteiger partial charge is 0.328 e. The fraction of sp³-hybridized carbons (Fsp3) is 0.385. The van der Waals surface area contributed by atoms with Gasteiger partial charge in [0.15, 0.2) is 6.61 Å². The van der Waals surface area contributed by atoms with E-state index in [1.165, 1.54) is 31.2 Å². The summed E-state index contributed by atoms with van der Waals surface area (Å²) >= 11 is 0. The van der Waals surface area contributed by atoms with E-state index in [4.69, 9.17) is 9.47 Å². The Morgan fingerprint density at radius 1 is 1.32 bits per heavy atom. The van der Waals surface area contributed by atoms with E-state index in [1.54, 1.807) is 6.92 Å². The molecule has 0 bridgehead atoms. The number of nitrogens with one attached hydrogen (secondary N) is 1. The summed E-state index contributed by atoms with van der Waals surface area (Å²) in [4.78, 5) is 22.8. The Morgan fingerprint density at radius 2 is 1.95 bits per heavy atom. The number of hydrogen-bond acceptors (Lipinski definition) is 4. The van der Waals surface area contributed by atoms with Crippen LogP contribution in [-0.2, 0) is 14.3 Å². The van der Waals surface area contributed by atoms with E-state index in [1.807, 2.05) is 0 Å². The fourth-order valence-corrected chi connectivity index (χ4v) is 1.29. The highest BCUT2D eigenvalue weighted by Crippen LogP contribution is 2.10. The van der Waals surface area contributed by atoms with Gasteiger partial charge in [-0.05, 0) is 38.1 Å². The zero-order chi connectivity index (χ0) is 14.3. The molecule has 19 heavy (non-hydrogen) atoms. The zero-order valence-corrected chi connectivity index (χ0v) is 10.8. The molecule has 1 atom stereocenters. The van der Waals surface area contributed by atoms with Crippen LogP contribution in [0.4, 0.5) is 4.39 Å². The first kappa shape index (κ1) is 14.9. The summed E-state index contributed by atoms with van der Waals surface area (Å²) in [6.45, 7) is 3.21. The highest BCUT2D eigenvalue weighted by molar-refractivity contribution is 5.84. The average molecular weight is 269 g/mol. The Kier molecular flexibility index (Phi) is 5.78. The second kappa shape index (κ2) is 7.35. The molecule has 0 aliphatic heterocycles. The predicted octanol–water partition coefficient (Wildman–Crippen LogP) is 1.27. The van der Waals surface area contributed by atoms with Gasteiger partial charge in [0.25, 0.3) is 5.91 Å². The molecule has 1 aromatic rings. The standard InChI is InChI=1S/C13H16FNO4/c1-3-18-13(17)9(2)15-12(16)8-19-11-6-4-10(14)5-7-11/h4-7,9H,3,8H2,1-2H3,(H,15,16). The van der Waals surface area contributed by atoms with Crippen molar-refractivity contribution >= 4 is 11.9 Å². The molecule has 1 rings (SSSR count). The van der Waals surface area contributed by atoms with Crippen molar-refractivity contribution in [1.82, 2.24) is 5.32 Å². The largest absolute Gasteiger partial charge is 0.484 e. The number of amides is 1. The van der Waals surface area contributed by atoms with Crippen LogP contribution in [0.1, 0.15) is 13.8 Å². The van der Waals surface area contributed by atoms with Gasteiger partial charge in [-0.3, -0.25) is 4.79 Å². The molecule has 104 valence electrons. The summed E-state index contributed by atoms with van der Waals surface area (Å²) in [5.74, 6) is -0.962. The van der Waals surface area contributed by atoms with Crippen molar-refractivity contribution in [3.63, 3.8) is 0 Å². The number of carbonyl (C=O) groups is 2. The third-order valence-electron chi connectivity index (χ3n) is 2.20. The Morgan fingerprint density at radius 3 is 2.53 bits per heavy atom. The summed E-state index contributed by atoms with van der Waals surface area (Å²) in [6.07, 6.45) is 0. The maximum Gasteiger partial charge on any atom is 0.328 e. The van der Waals surface area contributed by atoms with E-state index >= 15 is 0 Å². The fourth-order valence-electron chi connectivity index (χ4n) is 1.29. The van der Waals surface area contributed by atoms with E-state index in [0.29, 0.717) is 5.75 Å². The first-order valence-electron chi connectivity index (χ1n) is 5.87. The molecule has 0 saturated carbocycles. The highest BCUT2D eigenvalue weighted by Gasteiger charge is 2.16. The van der Waals surface area contributed by atoms with Crippen LogP contribution < -0.4 is 10.1 Å².